The molecule has 4 aromatic rings. The predicted octanol–water partition coefficient (Wildman–Crippen LogP) is 6.96. The van der Waals surface area contributed by atoms with Crippen LogP contribution in [0.15, 0.2) is 123 Å². The number of nitrogens with zero attached hydrogens (tertiary/aromatic N) is 2. The lowest BCUT2D eigenvalue weighted by molar-refractivity contribution is -0.140. The lowest BCUT2D eigenvalue weighted by atomic mass is 10.0. The predicted molar refractivity (Wildman–Crippen MR) is 182 cm³/mol. The van der Waals surface area contributed by atoms with Gasteiger partial charge in [-0.25, -0.2) is 8.42 Å². The third-order valence-corrected chi connectivity index (χ3v) is 10.1. The van der Waals surface area contributed by atoms with Crippen molar-refractivity contribution in [1.82, 2.24) is 10.2 Å². The molecule has 4 aromatic carbocycles. The minimum absolute atomic E-state index is 0.0607. The Morgan fingerprint density at radius 1 is 0.773 bits per heavy atom. The van der Waals surface area contributed by atoms with Gasteiger partial charge in [-0.3, -0.25) is 13.9 Å². The van der Waals surface area contributed by atoms with Crippen molar-refractivity contribution in [1.29, 1.82) is 0 Å². The van der Waals surface area contributed by atoms with Crippen molar-refractivity contribution in [3.63, 3.8) is 0 Å². The van der Waals surface area contributed by atoms with Gasteiger partial charge in [-0.05, 0) is 73.0 Å². The van der Waals surface area contributed by atoms with Crippen molar-refractivity contribution in [2.45, 2.75) is 50.2 Å². The first-order valence-corrected chi connectivity index (χ1v) is 17.3. The molecule has 0 aromatic heterocycles. The summed E-state index contributed by atoms with van der Waals surface area (Å²) in [5, 5.41) is 3.05. The molecule has 0 bridgehead atoms. The summed E-state index contributed by atoms with van der Waals surface area (Å²) in [5.74, 6) is -0.801. The zero-order chi connectivity index (χ0) is 31.7. The number of carbonyl (C=O) groups is 2. The molecule has 0 spiro atoms. The quantitative estimate of drug-likeness (QED) is 0.161. The first kappa shape index (κ1) is 33.4. The minimum Gasteiger partial charge on any atom is -0.352 e. The van der Waals surface area contributed by atoms with Crippen LogP contribution in [0.2, 0.25) is 0 Å². The van der Waals surface area contributed by atoms with Crippen LogP contribution in [0.4, 0.5) is 5.69 Å². The first-order chi connectivity index (χ1) is 21.1. The van der Waals surface area contributed by atoms with E-state index in [0.29, 0.717) is 5.69 Å². The topological polar surface area (TPSA) is 86.8 Å². The Balaban J connectivity index is 1.79. The highest BCUT2D eigenvalue weighted by atomic mass is 79.9. The maximum atomic E-state index is 14.5. The van der Waals surface area contributed by atoms with E-state index in [-0.39, 0.29) is 29.8 Å². The van der Waals surface area contributed by atoms with Crippen LogP contribution in [-0.4, -0.2) is 43.8 Å². The molecule has 0 saturated carbocycles. The Labute approximate surface area is 276 Å². The summed E-state index contributed by atoms with van der Waals surface area (Å²) in [6, 6.07) is 30.8. The second kappa shape index (κ2) is 15.5. The van der Waals surface area contributed by atoms with Gasteiger partial charge in [-0.2, -0.15) is 0 Å². The van der Waals surface area contributed by atoms with Crippen molar-refractivity contribution in [3.8, 4) is 0 Å². The fraction of sp³-hybridized carbons (Fsp3) is 0.235. The van der Waals surface area contributed by atoms with Crippen LogP contribution < -0.4 is 9.62 Å². The second-order valence-electron chi connectivity index (χ2n) is 10.5. The second-order valence-corrected chi connectivity index (χ2v) is 14.2. The Morgan fingerprint density at radius 2 is 1.32 bits per heavy atom. The first-order valence-electron chi connectivity index (χ1n) is 14.3. The summed E-state index contributed by atoms with van der Waals surface area (Å²) in [6.45, 7) is 3.50. The third kappa shape index (κ3) is 8.80. The molecule has 0 aliphatic heterocycles. The SMILES string of the molecule is CCC(C)NC(=O)C(Cc1ccccc1)N(Cc1ccc(Br)cc1)C(=O)CN(c1ccc(Br)cc1)S(=O)(=O)c1ccccc1. The van der Waals surface area contributed by atoms with E-state index in [1.54, 1.807) is 42.5 Å². The van der Waals surface area contributed by atoms with Crippen LogP contribution in [0.3, 0.4) is 0 Å². The summed E-state index contributed by atoms with van der Waals surface area (Å²) >= 11 is 6.87. The minimum atomic E-state index is -4.14. The lowest BCUT2D eigenvalue weighted by Gasteiger charge is -2.34. The largest absolute Gasteiger partial charge is 0.352 e. The fourth-order valence-electron chi connectivity index (χ4n) is 4.64. The molecule has 44 heavy (non-hydrogen) atoms. The van der Waals surface area contributed by atoms with Crippen molar-refractivity contribution < 1.29 is 18.0 Å². The highest BCUT2D eigenvalue weighted by Gasteiger charge is 2.35. The van der Waals surface area contributed by atoms with Gasteiger partial charge in [0.15, 0.2) is 0 Å². The molecule has 2 unspecified atom stereocenters. The molecular formula is C34H35Br2N3O4S. The van der Waals surface area contributed by atoms with Crippen LogP contribution >= 0.6 is 31.9 Å². The Kier molecular flexibility index (Phi) is 11.8. The van der Waals surface area contributed by atoms with E-state index < -0.39 is 28.5 Å². The number of nitrogens with one attached hydrogen (secondary N) is 1. The molecule has 0 fully saturated rings. The van der Waals surface area contributed by atoms with E-state index in [2.05, 4.69) is 37.2 Å². The van der Waals surface area contributed by atoms with Crippen LogP contribution in [0.1, 0.15) is 31.4 Å². The third-order valence-electron chi connectivity index (χ3n) is 7.26. The fourth-order valence-corrected chi connectivity index (χ4v) is 6.60. The standard InChI is InChI=1S/C34H35Br2N3O4S/c1-3-25(2)37-34(41)32(22-26-10-6-4-7-11-26)38(23-27-14-16-28(35)17-15-27)33(40)24-39(30-20-18-29(36)19-21-30)44(42,43)31-12-8-5-9-13-31/h4-21,25,32H,3,22-24H2,1-2H3,(H,37,41). The Bertz CT molecular complexity index is 1640. The summed E-state index contributed by atoms with van der Waals surface area (Å²) in [5.41, 5.74) is 2.02. The molecule has 230 valence electrons. The molecule has 7 nitrogen and oxygen atoms in total. The van der Waals surface area contributed by atoms with Crippen molar-refractivity contribution in [2.75, 3.05) is 10.8 Å². The average molecular weight is 742 g/mol. The van der Waals surface area contributed by atoms with E-state index in [9.17, 15) is 18.0 Å². The normalized spacial score (nSPS) is 12.6. The highest BCUT2D eigenvalue weighted by molar-refractivity contribution is 9.10. The van der Waals surface area contributed by atoms with Crippen molar-refractivity contribution in [2.24, 2.45) is 0 Å². The number of halogens is 2. The van der Waals surface area contributed by atoms with Crippen LogP contribution in [0, 0.1) is 0 Å². The molecule has 4 rings (SSSR count). The van der Waals surface area contributed by atoms with Crippen LogP contribution in [0.25, 0.3) is 0 Å². The van der Waals surface area contributed by atoms with Gasteiger partial charge in [0.1, 0.15) is 12.6 Å². The van der Waals surface area contributed by atoms with Gasteiger partial charge in [0.05, 0.1) is 10.6 Å². The number of sulfonamides is 1. The number of carbonyl (C=O) groups excluding carboxylic acids is 2. The summed E-state index contributed by atoms with van der Waals surface area (Å²) in [6.07, 6.45) is 0.978. The van der Waals surface area contributed by atoms with Gasteiger partial charge in [0, 0.05) is 28.0 Å². The zero-order valence-corrected chi connectivity index (χ0v) is 28.6. The number of amides is 2. The maximum absolute atomic E-state index is 14.5. The molecule has 2 amide bonds. The number of hydrogen-bond donors (Lipinski definition) is 1. The molecule has 0 aliphatic carbocycles. The number of benzene rings is 4. The van der Waals surface area contributed by atoms with Gasteiger partial charge < -0.3 is 10.2 Å². The zero-order valence-electron chi connectivity index (χ0n) is 24.6. The monoisotopic (exact) mass is 739 g/mol. The van der Waals surface area contributed by atoms with Gasteiger partial charge in [-0.1, -0.05) is 99.4 Å². The van der Waals surface area contributed by atoms with E-state index in [1.807, 2.05) is 68.4 Å². The van der Waals surface area contributed by atoms with Gasteiger partial charge >= 0.3 is 0 Å². The number of hydrogen-bond acceptors (Lipinski definition) is 4. The molecule has 1 N–H and O–H groups in total. The summed E-state index contributed by atoms with van der Waals surface area (Å²) in [7, 11) is -4.14. The van der Waals surface area contributed by atoms with E-state index in [4.69, 9.17) is 0 Å². The van der Waals surface area contributed by atoms with E-state index in [1.165, 1.54) is 17.0 Å². The molecule has 10 heteroatoms. The van der Waals surface area contributed by atoms with Crippen LogP contribution in [0.5, 0.6) is 0 Å². The highest BCUT2D eigenvalue weighted by Crippen LogP contribution is 2.26. The number of anilines is 1. The maximum Gasteiger partial charge on any atom is 0.264 e. The van der Waals surface area contributed by atoms with Gasteiger partial charge in [0.2, 0.25) is 11.8 Å². The Hall–Kier alpha value is -3.47. The lowest BCUT2D eigenvalue weighted by Crippen LogP contribution is -2.54. The summed E-state index contributed by atoms with van der Waals surface area (Å²) < 4.78 is 30.8. The van der Waals surface area contributed by atoms with E-state index in [0.717, 1.165) is 30.8 Å². The van der Waals surface area contributed by atoms with Gasteiger partial charge in [0.25, 0.3) is 10.0 Å². The molecular weight excluding hydrogens is 706 g/mol. The van der Waals surface area contributed by atoms with E-state index >= 15 is 0 Å². The molecule has 0 saturated heterocycles. The Morgan fingerprint density at radius 3 is 1.89 bits per heavy atom. The molecule has 0 radical (unpaired) electrons. The smallest absolute Gasteiger partial charge is 0.264 e. The van der Waals surface area contributed by atoms with Gasteiger partial charge in [-0.15, -0.1) is 0 Å². The molecule has 0 heterocycles. The van der Waals surface area contributed by atoms with Crippen molar-refractivity contribution in [3.05, 3.63) is 129 Å². The summed E-state index contributed by atoms with van der Waals surface area (Å²) in [4.78, 5) is 29.9. The molecule has 2 atom stereocenters. The van der Waals surface area contributed by atoms with Crippen molar-refractivity contribution >= 4 is 59.4 Å². The molecule has 0 aliphatic rings. The average Bonchev–Trinajstić information content (AvgIpc) is 3.03. The van der Waals surface area contributed by atoms with Crippen LogP contribution in [-0.2, 0) is 32.6 Å². The number of rotatable bonds is 13.